The molecule has 16 heteroatoms. The SMILES string of the molecule is CCC[C@H](NC(=O)[C@@H]1C[C@@H](Oc2cccc(C(=O)OC)c2)CN1C(=O)[C@@H](NC(=O)[C@@H](NC(=O)c1cnccn1)C1CCCCC1)C(C)(C)C)C(=O)C(=O)NC1CC1. The number of rotatable bonds is 16. The van der Waals surface area contributed by atoms with Gasteiger partial charge in [-0.15, -0.1) is 0 Å². The Morgan fingerprint density at radius 3 is 2.32 bits per heavy atom. The summed E-state index contributed by atoms with van der Waals surface area (Å²) in [5, 5.41) is 11.2. The summed E-state index contributed by atoms with van der Waals surface area (Å²) < 4.78 is 11.1. The number of ether oxygens (including phenoxy) is 2. The standard InChI is InChI=1S/C41H55N7O9/c1-6-11-29(33(49)38(53)44-26-16-17-26)45-36(51)31-21-28(57-27-15-10-14-25(20-27)40(55)56-5)23-48(31)39(54)34(41(2,3)4)47-37(52)32(24-12-8-7-9-13-24)46-35(50)30-22-42-18-19-43-30/h10,14-15,18-20,22,24,26,28-29,31-32,34H,6-9,11-13,16-17,21,23H2,1-5H3,(H,44,53)(H,45,51)(H,46,50)(H,47,52)/t28-,29+,31+,32+,34-/m1/s1. The number of carbonyl (C=O) groups excluding carboxylic acids is 7. The molecule has 16 nitrogen and oxygen atoms in total. The minimum atomic E-state index is -1.17. The highest BCUT2D eigenvalue weighted by atomic mass is 16.5. The van der Waals surface area contributed by atoms with Crippen molar-refractivity contribution in [2.24, 2.45) is 11.3 Å². The summed E-state index contributed by atoms with van der Waals surface area (Å²) >= 11 is 0. The lowest BCUT2D eigenvalue weighted by Crippen LogP contribution is -2.62. The maximum atomic E-state index is 14.8. The van der Waals surface area contributed by atoms with Crippen LogP contribution in [-0.2, 0) is 28.7 Å². The zero-order valence-electron chi connectivity index (χ0n) is 33.4. The minimum absolute atomic E-state index is 0.00497. The van der Waals surface area contributed by atoms with E-state index in [1.54, 1.807) is 39.0 Å². The van der Waals surface area contributed by atoms with Gasteiger partial charge in [-0.25, -0.2) is 9.78 Å². The molecule has 3 fully saturated rings. The smallest absolute Gasteiger partial charge is 0.337 e. The highest BCUT2D eigenvalue weighted by molar-refractivity contribution is 6.38. The second-order valence-electron chi connectivity index (χ2n) is 16.2. The molecule has 1 aromatic heterocycles. The first-order valence-corrected chi connectivity index (χ1v) is 19.9. The number of aromatic nitrogens is 2. The molecule has 3 aliphatic rings. The van der Waals surface area contributed by atoms with Crippen LogP contribution in [0.2, 0.25) is 0 Å². The normalized spacial score (nSPS) is 20.0. The third-order valence-corrected chi connectivity index (χ3v) is 10.6. The van der Waals surface area contributed by atoms with Gasteiger partial charge in [0.25, 0.3) is 11.8 Å². The van der Waals surface area contributed by atoms with Crippen molar-refractivity contribution in [3.8, 4) is 5.75 Å². The van der Waals surface area contributed by atoms with Crippen LogP contribution in [0.3, 0.4) is 0 Å². The number of Topliss-reactive ketones (excluding diaryl/α,β-unsaturated/α-hetero) is 1. The largest absolute Gasteiger partial charge is 0.488 e. The maximum absolute atomic E-state index is 14.8. The third kappa shape index (κ3) is 11.3. The zero-order chi connectivity index (χ0) is 41.3. The van der Waals surface area contributed by atoms with E-state index in [1.165, 1.54) is 36.7 Å². The molecule has 57 heavy (non-hydrogen) atoms. The fourth-order valence-electron chi connectivity index (χ4n) is 7.39. The van der Waals surface area contributed by atoms with E-state index in [0.717, 1.165) is 32.1 Å². The summed E-state index contributed by atoms with van der Waals surface area (Å²) in [6, 6.07) is 1.84. The van der Waals surface area contributed by atoms with Crippen molar-refractivity contribution in [1.29, 1.82) is 0 Å². The van der Waals surface area contributed by atoms with Crippen LogP contribution in [-0.4, -0.2) is 106 Å². The van der Waals surface area contributed by atoms with Gasteiger partial charge in [0.1, 0.15) is 35.7 Å². The molecule has 1 saturated heterocycles. The van der Waals surface area contributed by atoms with Gasteiger partial charge in [-0.1, -0.05) is 59.4 Å². The van der Waals surface area contributed by atoms with Crippen LogP contribution < -0.4 is 26.0 Å². The van der Waals surface area contributed by atoms with Crippen molar-refractivity contribution < 1.29 is 43.0 Å². The van der Waals surface area contributed by atoms with E-state index in [0.29, 0.717) is 25.0 Å². The van der Waals surface area contributed by atoms with E-state index in [1.807, 2.05) is 6.92 Å². The molecule has 5 rings (SSSR count). The summed E-state index contributed by atoms with van der Waals surface area (Å²) in [6.45, 7) is 7.11. The molecular weight excluding hydrogens is 734 g/mol. The number of nitrogens with one attached hydrogen (secondary N) is 4. The zero-order valence-corrected chi connectivity index (χ0v) is 33.4. The minimum Gasteiger partial charge on any atom is -0.488 e. The Bertz CT molecular complexity index is 1790. The first kappa shape index (κ1) is 42.7. The summed E-state index contributed by atoms with van der Waals surface area (Å²) in [5.74, 6) is -4.32. The number of benzene rings is 1. The van der Waals surface area contributed by atoms with Crippen molar-refractivity contribution in [2.75, 3.05) is 13.7 Å². The Kier molecular flexibility index (Phi) is 14.4. The average molecular weight is 790 g/mol. The van der Waals surface area contributed by atoms with Gasteiger partial charge in [-0.3, -0.25) is 33.8 Å². The van der Waals surface area contributed by atoms with Crippen LogP contribution in [0, 0.1) is 11.3 Å². The molecule has 0 radical (unpaired) electrons. The topological polar surface area (TPSA) is 215 Å². The molecule has 1 aliphatic heterocycles. The number of esters is 1. The molecule has 4 N–H and O–H groups in total. The van der Waals surface area contributed by atoms with Gasteiger partial charge < -0.3 is 35.6 Å². The number of amides is 5. The molecule has 2 aromatic rings. The molecule has 1 aromatic carbocycles. The highest BCUT2D eigenvalue weighted by Gasteiger charge is 2.47. The summed E-state index contributed by atoms with van der Waals surface area (Å²) in [7, 11) is 1.26. The molecule has 0 unspecified atom stereocenters. The van der Waals surface area contributed by atoms with Gasteiger partial charge in [0.15, 0.2) is 0 Å². The lowest BCUT2D eigenvalue weighted by Gasteiger charge is -2.37. The molecule has 2 aliphatic carbocycles. The number of hydrogen-bond donors (Lipinski definition) is 4. The van der Waals surface area contributed by atoms with Crippen LogP contribution >= 0.6 is 0 Å². The number of carbonyl (C=O) groups is 7. The van der Waals surface area contributed by atoms with E-state index in [4.69, 9.17) is 9.47 Å². The summed E-state index contributed by atoms with van der Waals surface area (Å²) in [5.41, 5.74) is -0.585. The molecule has 2 heterocycles. The van der Waals surface area contributed by atoms with Crippen LogP contribution in [0.25, 0.3) is 0 Å². The predicted molar refractivity (Wildman–Crippen MR) is 207 cm³/mol. The molecule has 0 bridgehead atoms. The Balaban J connectivity index is 1.41. The van der Waals surface area contributed by atoms with Crippen LogP contribution in [0.1, 0.15) is 113 Å². The third-order valence-electron chi connectivity index (χ3n) is 10.6. The second kappa shape index (κ2) is 19.2. The van der Waals surface area contributed by atoms with Gasteiger partial charge in [0.2, 0.25) is 23.5 Å². The van der Waals surface area contributed by atoms with Crippen molar-refractivity contribution >= 4 is 41.3 Å². The number of nitrogens with zero attached hydrogens (tertiary/aromatic N) is 3. The number of ketones is 1. The highest BCUT2D eigenvalue weighted by Crippen LogP contribution is 2.31. The molecule has 5 atom stereocenters. The molecule has 308 valence electrons. The van der Waals surface area contributed by atoms with Crippen molar-refractivity contribution in [3.05, 3.63) is 54.1 Å². The lowest BCUT2D eigenvalue weighted by molar-refractivity contribution is -0.145. The van der Waals surface area contributed by atoms with E-state index < -0.39 is 77.0 Å². The van der Waals surface area contributed by atoms with Crippen molar-refractivity contribution in [1.82, 2.24) is 36.1 Å². The molecule has 0 spiro atoms. The number of methoxy groups -OCH3 is 1. The fraction of sp³-hybridized carbons (Fsp3) is 0.585. The Labute approximate surface area is 333 Å². The van der Waals surface area contributed by atoms with Crippen LogP contribution in [0.5, 0.6) is 5.75 Å². The van der Waals surface area contributed by atoms with E-state index >= 15 is 0 Å². The average Bonchev–Trinajstić information content (AvgIpc) is 3.93. The Morgan fingerprint density at radius 2 is 1.68 bits per heavy atom. The van der Waals surface area contributed by atoms with Crippen molar-refractivity contribution in [3.63, 3.8) is 0 Å². The van der Waals surface area contributed by atoms with E-state index in [-0.39, 0.29) is 42.6 Å². The molecular formula is C41H55N7O9. The Hall–Kier alpha value is -5.41. The van der Waals surface area contributed by atoms with Gasteiger partial charge in [-0.2, -0.15) is 0 Å². The van der Waals surface area contributed by atoms with Crippen molar-refractivity contribution in [2.45, 2.75) is 128 Å². The fourth-order valence-corrected chi connectivity index (χ4v) is 7.39. The first-order valence-electron chi connectivity index (χ1n) is 19.9. The quantitative estimate of drug-likeness (QED) is 0.143. The monoisotopic (exact) mass is 789 g/mol. The lowest BCUT2D eigenvalue weighted by atomic mass is 9.82. The van der Waals surface area contributed by atoms with Crippen LogP contribution in [0.15, 0.2) is 42.9 Å². The van der Waals surface area contributed by atoms with Gasteiger partial charge in [-0.05, 0) is 61.6 Å². The van der Waals surface area contributed by atoms with Gasteiger partial charge in [0, 0.05) is 24.9 Å². The van der Waals surface area contributed by atoms with Crippen LogP contribution in [0.4, 0.5) is 0 Å². The van der Waals surface area contributed by atoms with E-state index in [9.17, 15) is 33.6 Å². The Morgan fingerprint density at radius 1 is 0.947 bits per heavy atom. The second-order valence-corrected chi connectivity index (χ2v) is 16.2. The molecule has 5 amide bonds. The van der Waals surface area contributed by atoms with E-state index in [2.05, 4.69) is 31.2 Å². The molecule has 2 saturated carbocycles. The van der Waals surface area contributed by atoms with Gasteiger partial charge in [0.05, 0.1) is 31.5 Å². The number of hydrogen-bond acceptors (Lipinski definition) is 11. The number of likely N-dealkylation sites (tertiary alicyclic amines) is 1. The maximum Gasteiger partial charge on any atom is 0.337 e. The summed E-state index contributed by atoms with van der Waals surface area (Å²) in [6.07, 6.45) is 9.86. The first-order chi connectivity index (χ1) is 27.2. The summed E-state index contributed by atoms with van der Waals surface area (Å²) in [4.78, 5) is 104. The predicted octanol–water partition coefficient (Wildman–Crippen LogP) is 2.65. The van der Waals surface area contributed by atoms with Gasteiger partial charge >= 0.3 is 5.97 Å².